The molecule has 0 radical (unpaired) electrons. The molecule has 0 aliphatic heterocycles. The van der Waals surface area contributed by atoms with Crippen molar-refractivity contribution in [1.82, 2.24) is 0 Å². The summed E-state index contributed by atoms with van der Waals surface area (Å²) in [5, 5.41) is 2.68. The van der Waals surface area contributed by atoms with E-state index in [0.29, 0.717) is 29.5 Å². The van der Waals surface area contributed by atoms with Gasteiger partial charge in [-0.3, -0.25) is 14.4 Å². The highest BCUT2D eigenvalue weighted by Crippen LogP contribution is 2.11. The number of hydrogen-bond acceptors (Lipinski definition) is 5. The van der Waals surface area contributed by atoms with Crippen LogP contribution in [0, 0.1) is 0 Å². The molecule has 0 bridgehead atoms. The minimum Gasteiger partial charge on any atom is -0.454 e. The van der Waals surface area contributed by atoms with Gasteiger partial charge in [0, 0.05) is 23.2 Å². The second-order valence-corrected chi connectivity index (χ2v) is 5.22. The SMILES string of the molecule is CCC(=O)Nc1ccc(C(=O)COC(=O)c2ccc(C=O)cc2)cc1. The highest BCUT2D eigenvalue weighted by Gasteiger charge is 2.12. The van der Waals surface area contributed by atoms with Crippen LogP contribution in [0.1, 0.15) is 44.4 Å². The number of nitrogens with one attached hydrogen (secondary N) is 1. The monoisotopic (exact) mass is 339 g/mol. The van der Waals surface area contributed by atoms with E-state index in [2.05, 4.69) is 5.32 Å². The zero-order valence-corrected chi connectivity index (χ0v) is 13.7. The molecule has 1 N–H and O–H groups in total. The van der Waals surface area contributed by atoms with Gasteiger partial charge in [0.25, 0.3) is 0 Å². The lowest BCUT2D eigenvalue weighted by molar-refractivity contribution is -0.115. The Morgan fingerprint density at radius 1 is 0.960 bits per heavy atom. The fraction of sp³-hybridized carbons (Fsp3) is 0.158. The summed E-state index contributed by atoms with van der Waals surface area (Å²) in [4.78, 5) is 45.8. The molecular weight excluding hydrogens is 322 g/mol. The molecule has 0 heterocycles. The van der Waals surface area contributed by atoms with Gasteiger partial charge < -0.3 is 10.1 Å². The molecule has 0 aliphatic rings. The summed E-state index contributed by atoms with van der Waals surface area (Å²) in [6.45, 7) is 1.35. The smallest absolute Gasteiger partial charge is 0.338 e. The summed E-state index contributed by atoms with van der Waals surface area (Å²) >= 11 is 0. The highest BCUT2D eigenvalue weighted by atomic mass is 16.5. The van der Waals surface area contributed by atoms with Gasteiger partial charge in [-0.1, -0.05) is 19.1 Å². The third-order valence-electron chi connectivity index (χ3n) is 3.43. The highest BCUT2D eigenvalue weighted by molar-refractivity contribution is 6.00. The van der Waals surface area contributed by atoms with Gasteiger partial charge in [0.1, 0.15) is 6.29 Å². The second-order valence-electron chi connectivity index (χ2n) is 5.22. The number of aldehydes is 1. The number of carbonyl (C=O) groups excluding carboxylic acids is 4. The van der Waals surface area contributed by atoms with Gasteiger partial charge in [0.2, 0.25) is 5.91 Å². The van der Waals surface area contributed by atoms with Crippen LogP contribution in [0.25, 0.3) is 0 Å². The topological polar surface area (TPSA) is 89.5 Å². The Morgan fingerprint density at radius 2 is 1.56 bits per heavy atom. The maximum atomic E-state index is 12.1. The fourth-order valence-corrected chi connectivity index (χ4v) is 1.98. The molecule has 2 aromatic carbocycles. The van der Waals surface area contributed by atoms with E-state index >= 15 is 0 Å². The van der Waals surface area contributed by atoms with Crippen LogP contribution in [0.5, 0.6) is 0 Å². The third-order valence-corrected chi connectivity index (χ3v) is 3.43. The molecule has 0 spiro atoms. The Balaban J connectivity index is 1.91. The van der Waals surface area contributed by atoms with Crippen molar-refractivity contribution in [2.45, 2.75) is 13.3 Å². The average Bonchev–Trinajstić information content (AvgIpc) is 2.66. The molecule has 25 heavy (non-hydrogen) atoms. The minimum atomic E-state index is -0.641. The number of Topliss-reactive ketones (excluding diaryl/α,β-unsaturated/α-hetero) is 1. The van der Waals surface area contributed by atoms with E-state index in [1.54, 1.807) is 31.2 Å². The van der Waals surface area contributed by atoms with Crippen molar-refractivity contribution in [1.29, 1.82) is 0 Å². The van der Waals surface area contributed by atoms with E-state index in [1.165, 1.54) is 24.3 Å². The van der Waals surface area contributed by atoms with Crippen molar-refractivity contribution in [3.63, 3.8) is 0 Å². The number of rotatable bonds is 7. The fourth-order valence-electron chi connectivity index (χ4n) is 1.98. The number of ketones is 1. The Morgan fingerprint density at radius 3 is 2.12 bits per heavy atom. The third kappa shape index (κ3) is 5.10. The van der Waals surface area contributed by atoms with Crippen molar-refractivity contribution in [2.24, 2.45) is 0 Å². The Kier molecular flexibility index (Phi) is 6.17. The van der Waals surface area contributed by atoms with Crippen LogP contribution in [0.3, 0.4) is 0 Å². The van der Waals surface area contributed by atoms with Crippen LogP contribution in [-0.2, 0) is 9.53 Å². The molecule has 0 saturated heterocycles. The normalized spacial score (nSPS) is 9.96. The Hall–Kier alpha value is -3.28. The molecule has 1 amide bonds. The predicted octanol–water partition coefficient (Wildman–Crippen LogP) is 2.89. The number of ether oxygens (including phenoxy) is 1. The van der Waals surface area contributed by atoms with E-state index in [9.17, 15) is 19.2 Å². The molecule has 6 nitrogen and oxygen atoms in total. The summed E-state index contributed by atoms with van der Waals surface area (Å²) in [5.74, 6) is -1.11. The van der Waals surface area contributed by atoms with Gasteiger partial charge >= 0.3 is 5.97 Å². The minimum absolute atomic E-state index is 0.117. The number of esters is 1. The van der Waals surface area contributed by atoms with E-state index in [0.717, 1.165) is 0 Å². The molecule has 0 atom stereocenters. The summed E-state index contributed by atoms with van der Waals surface area (Å²) in [7, 11) is 0. The molecule has 2 aromatic rings. The molecular formula is C19H17NO5. The van der Waals surface area contributed by atoms with Gasteiger partial charge in [0.15, 0.2) is 12.4 Å². The number of carbonyl (C=O) groups is 4. The maximum absolute atomic E-state index is 12.1. The Bertz CT molecular complexity index is 778. The number of amides is 1. The standard InChI is InChI=1S/C19H17NO5/c1-2-18(23)20-16-9-7-14(8-10-16)17(22)12-25-19(24)15-5-3-13(11-21)4-6-15/h3-11H,2,12H2,1H3,(H,20,23). The van der Waals surface area contributed by atoms with Gasteiger partial charge in [-0.25, -0.2) is 4.79 Å². The summed E-state index contributed by atoms with van der Waals surface area (Å²) in [6, 6.07) is 12.2. The van der Waals surface area contributed by atoms with E-state index in [1.807, 2.05) is 0 Å². The maximum Gasteiger partial charge on any atom is 0.338 e. The van der Waals surface area contributed by atoms with Crippen LogP contribution >= 0.6 is 0 Å². The lowest BCUT2D eigenvalue weighted by atomic mass is 10.1. The van der Waals surface area contributed by atoms with Crippen molar-refractivity contribution in [3.05, 3.63) is 65.2 Å². The van der Waals surface area contributed by atoms with Crippen LogP contribution in [-0.4, -0.2) is 30.6 Å². The molecule has 128 valence electrons. The largest absolute Gasteiger partial charge is 0.454 e. The van der Waals surface area contributed by atoms with Crippen LogP contribution in [0.2, 0.25) is 0 Å². The first-order valence-electron chi connectivity index (χ1n) is 7.69. The van der Waals surface area contributed by atoms with E-state index < -0.39 is 12.6 Å². The molecule has 6 heteroatoms. The van der Waals surface area contributed by atoms with Crippen molar-refractivity contribution >= 4 is 29.6 Å². The molecule has 0 aromatic heterocycles. The predicted molar refractivity (Wildman–Crippen MR) is 91.8 cm³/mol. The van der Waals surface area contributed by atoms with Crippen molar-refractivity contribution < 1.29 is 23.9 Å². The van der Waals surface area contributed by atoms with Gasteiger partial charge in [0.05, 0.1) is 5.56 Å². The molecule has 2 rings (SSSR count). The van der Waals surface area contributed by atoms with E-state index in [4.69, 9.17) is 4.74 Å². The molecule has 0 fully saturated rings. The lowest BCUT2D eigenvalue weighted by Gasteiger charge is -2.06. The molecule has 0 unspecified atom stereocenters. The van der Waals surface area contributed by atoms with Crippen molar-refractivity contribution in [2.75, 3.05) is 11.9 Å². The number of hydrogen-bond donors (Lipinski definition) is 1. The Labute approximate surface area is 144 Å². The zero-order valence-electron chi connectivity index (χ0n) is 13.7. The first-order chi connectivity index (χ1) is 12.0. The summed E-state index contributed by atoms with van der Waals surface area (Å²) < 4.78 is 4.98. The number of anilines is 1. The van der Waals surface area contributed by atoms with Gasteiger partial charge in [-0.2, -0.15) is 0 Å². The number of benzene rings is 2. The second kappa shape index (κ2) is 8.54. The van der Waals surface area contributed by atoms with E-state index in [-0.39, 0.29) is 17.3 Å². The van der Waals surface area contributed by atoms with Crippen molar-refractivity contribution in [3.8, 4) is 0 Å². The molecule has 0 saturated carbocycles. The van der Waals surface area contributed by atoms with Crippen LogP contribution in [0.4, 0.5) is 5.69 Å². The summed E-state index contributed by atoms with van der Waals surface area (Å²) in [6.07, 6.45) is 1.04. The van der Waals surface area contributed by atoms with Gasteiger partial charge in [-0.15, -0.1) is 0 Å². The zero-order chi connectivity index (χ0) is 18.2. The average molecular weight is 339 g/mol. The van der Waals surface area contributed by atoms with Crippen LogP contribution < -0.4 is 5.32 Å². The van der Waals surface area contributed by atoms with Gasteiger partial charge in [-0.05, 0) is 36.4 Å². The first-order valence-corrected chi connectivity index (χ1v) is 7.69. The summed E-state index contributed by atoms with van der Waals surface area (Å²) in [5.41, 5.74) is 1.67. The van der Waals surface area contributed by atoms with Crippen LogP contribution in [0.15, 0.2) is 48.5 Å². The first kappa shape index (κ1) is 18.1. The quantitative estimate of drug-likeness (QED) is 0.476. The molecule has 0 aliphatic carbocycles. The lowest BCUT2D eigenvalue weighted by Crippen LogP contribution is -2.14.